The van der Waals surface area contributed by atoms with E-state index in [1.165, 1.54) is 6.08 Å². The Morgan fingerprint density at radius 3 is 2.39 bits per heavy atom. The minimum absolute atomic E-state index is 0.100. The van der Waals surface area contributed by atoms with E-state index in [0.29, 0.717) is 0 Å². The van der Waals surface area contributed by atoms with Gasteiger partial charge in [0.2, 0.25) is 0 Å². The molecule has 1 aliphatic heterocycles. The Morgan fingerprint density at radius 2 is 1.83 bits per heavy atom. The molecule has 106 valence electrons. The molecule has 0 bridgehead atoms. The van der Waals surface area contributed by atoms with E-state index in [1.54, 1.807) is 6.92 Å². The summed E-state index contributed by atoms with van der Waals surface area (Å²) in [5.74, 6) is 0. The van der Waals surface area contributed by atoms with Crippen molar-refractivity contribution in [3.05, 3.63) is 11.6 Å². The first-order valence-electron chi connectivity index (χ1n) is 5.69. The second-order valence-electron chi connectivity index (χ2n) is 4.24. The topological polar surface area (TPSA) is 120 Å². The fourth-order valence-corrected chi connectivity index (χ4v) is 1.63. The van der Waals surface area contributed by atoms with Crippen molar-refractivity contribution in [3.63, 3.8) is 0 Å². The molecule has 0 radical (unpaired) electrons. The Hall–Kier alpha value is -0.540. The summed E-state index contributed by atoms with van der Waals surface area (Å²) in [5, 5.41) is 46.3. The molecule has 1 saturated heterocycles. The van der Waals surface area contributed by atoms with Gasteiger partial charge in [0.15, 0.2) is 6.29 Å². The standard InChI is InChI=1S/C11H20O7/c1-6(2-3-12)5-17-11-10(16)9(15)8(14)7(4-13)18-11/h2,7-16H,3-5H2,1H3. The molecule has 5 atom stereocenters. The van der Waals surface area contributed by atoms with Crippen LogP contribution in [0, 0.1) is 0 Å². The molecule has 0 aliphatic carbocycles. The second kappa shape index (κ2) is 7.15. The maximum absolute atomic E-state index is 9.65. The number of aliphatic hydroxyl groups is 5. The van der Waals surface area contributed by atoms with E-state index < -0.39 is 37.3 Å². The molecular weight excluding hydrogens is 244 g/mol. The summed E-state index contributed by atoms with van der Waals surface area (Å²) in [6.45, 7) is 1.21. The van der Waals surface area contributed by atoms with Crippen LogP contribution in [0.3, 0.4) is 0 Å². The van der Waals surface area contributed by atoms with Crippen molar-refractivity contribution in [1.29, 1.82) is 0 Å². The van der Waals surface area contributed by atoms with Gasteiger partial charge in [0.1, 0.15) is 24.4 Å². The predicted octanol–water partition coefficient (Wildman–Crippen LogP) is -2.26. The highest BCUT2D eigenvalue weighted by atomic mass is 16.7. The lowest BCUT2D eigenvalue weighted by atomic mass is 9.99. The van der Waals surface area contributed by atoms with Crippen LogP contribution in [0.1, 0.15) is 6.92 Å². The Balaban J connectivity index is 2.56. The lowest BCUT2D eigenvalue weighted by molar-refractivity contribution is -0.299. The normalized spacial score (nSPS) is 37.9. The van der Waals surface area contributed by atoms with Crippen LogP contribution in [0.4, 0.5) is 0 Å². The summed E-state index contributed by atoms with van der Waals surface area (Å²) in [5.41, 5.74) is 0.731. The zero-order valence-corrected chi connectivity index (χ0v) is 10.1. The minimum Gasteiger partial charge on any atom is -0.394 e. The molecule has 5 unspecified atom stereocenters. The van der Waals surface area contributed by atoms with Crippen LogP contribution < -0.4 is 0 Å². The van der Waals surface area contributed by atoms with Crippen LogP contribution in [-0.2, 0) is 9.47 Å². The lowest BCUT2D eigenvalue weighted by Crippen LogP contribution is -2.59. The highest BCUT2D eigenvalue weighted by molar-refractivity contribution is 4.98. The van der Waals surface area contributed by atoms with Crippen LogP contribution in [0.25, 0.3) is 0 Å². The van der Waals surface area contributed by atoms with Gasteiger partial charge in [-0.15, -0.1) is 0 Å². The summed E-state index contributed by atoms with van der Waals surface area (Å²) < 4.78 is 10.4. The number of aliphatic hydroxyl groups excluding tert-OH is 5. The van der Waals surface area contributed by atoms with E-state index in [1.807, 2.05) is 0 Å². The van der Waals surface area contributed by atoms with Crippen molar-refractivity contribution >= 4 is 0 Å². The van der Waals surface area contributed by atoms with Gasteiger partial charge in [-0.2, -0.15) is 0 Å². The zero-order chi connectivity index (χ0) is 13.7. The number of hydrogen-bond donors (Lipinski definition) is 5. The number of hydrogen-bond acceptors (Lipinski definition) is 7. The minimum atomic E-state index is -1.44. The molecule has 1 fully saturated rings. The van der Waals surface area contributed by atoms with Gasteiger partial charge < -0.3 is 35.0 Å². The van der Waals surface area contributed by atoms with Gasteiger partial charge in [0.05, 0.1) is 19.8 Å². The van der Waals surface area contributed by atoms with Crippen LogP contribution >= 0.6 is 0 Å². The van der Waals surface area contributed by atoms with Crippen LogP contribution in [-0.4, -0.2) is 76.1 Å². The maximum Gasteiger partial charge on any atom is 0.187 e. The SMILES string of the molecule is CC(=CCO)COC1OC(CO)C(O)C(O)C1O. The molecule has 1 aliphatic rings. The number of rotatable bonds is 5. The lowest BCUT2D eigenvalue weighted by Gasteiger charge is -2.39. The molecule has 1 heterocycles. The molecule has 5 N–H and O–H groups in total. The fourth-order valence-electron chi connectivity index (χ4n) is 1.63. The van der Waals surface area contributed by atoms with Crippen molar-refractivity contribution in [2.45, 2.75) is 37.6 Å². The molecule has 18 heavy (non-hydrogen) atoms. The average Bonchev–Trinajstić information content (AvgIpc) is 2.35. The molecule has 0 saturated carbocycles. The third-order valence-electron chi connectivity index (χ3n) is 2.76. The average molecular weight is 264 g/mol. The summed E-state index contributed by atoms with van der Waals surface area (Å²) >= 11 is 0. The first-order chi connectivity index (χ1) is 8.51. The van der Waals surface area contributed by atoms with E-state index >= 15 is 0 Å². The van der Waals surface area contributed by atoms with Crippen molar-refractivity contribution in [3.8, 4) is 0 Å². The van der Waals surface area contributed by atoms with E-state index in [2.05, 4.69) is 0 Å². The highest BCUT2D eigenvalue weighted by Gasteiger charge is 2.43. The largest absolute Gasteiger partial charge is 0.394 e. The molecular formula is C11H20O7. The number of ether oxygens (including phenoxy) is 2. The van der Waals surface area contributed by atoms with Crippen LogP contribution in [0.2, 0.25) is 0 Å². The highest BCUT2D eigenvalue weighted by Crippen LogP contribution is 2.22. The van der Waals surface area contributed by atoms with Gasteiger partial charge in [-0.05, 0) is 12.5 Å². The molecule has 7 heteroatoms. The Kier molecular flexibility index (Phi) is 6.16. The van der Waals surface area contributed by atoms with Crippen molar-refractivity contribution in [2.75, 3.05) is 19.8 Å². The maximum atomic E-state index is 9.65. The first kappa shape index (κ1) is 15.5. The van der Waals surface area contributed by atoms with Crippen molar-refractivity contribution in [2.24, 2.45) is 0 Å². The quantitative estimate of drug-likeness (QED) is 0.355. The molecule has 1 rings (SSSR count). The molecule has 0 aromatic carbocycles. The molecule has 0 aromatic heterocycles. The molecule has 7 nitrogen and oxygen atoms in total. The van der Waals surface area contributed by atoms with Gasteiger partial charge >= 0.3 is 0 Å². The predicted molar refractivity (Wildman–Crippen MR) is 60.6 cm³/mol. The molecule has 0 amide bonds. The van der Waals surface area contributed by atoms with Crippen LogP contribution in [0.15, 0.2) is 11.6 Å². The Labute approximate surface area is 105 Å². The van der Waals surface area contributed by atoms with Crippen molar-refractivity contribution < 1.29 is 35.0 Å². The van der Waals surface area contributed by atoms with E-state index in [0.717, 1.165) is 5.57 Å². The van der Waals surface area contributed by atoms with Gasteiger partial charge in [0, 0.05) is 0 Å². The summed E-state index contributed by atoms with van der Waals surface area (Å²) in [4.78, 5) is 0. The van der Waals surface area contributed by atoms with Crippen LogP contribution in [0.5, 0.6) is 0 Å². The van der Waals surface area contributed by atoms with E-state index in [-0.39, 0.29) is 13.2 Å². The van der Waals surface area contributed by atoms with Gasteiger partial charge in [0.25, 0.3) is 0 Å². The smallest absolute Gasteiger partial charge is 0.187 e. The van der Waals surface area contributed by atoms with Gasteiger partial charge in [-0.25, -0.2) is 0 Å². The van der Waals surface area contributed by atoms with E-state index in [4.69, 9.17) is 19.7 Å². The second-order valence-corrected chi connectivity index (χ2v) is 4.24. The summed E-state index contributed by atoms with van der Waals surface area (Å²) in [6.07, 6.45) is -4.81. The van der Waals surface area contributed by atoms with Gasteiger partial charge in [-0.3, -0.25) is 0 Å². The van der Waals surface area contributed by atoms with Gasteiger partial charge in [-0.1, -0.05) is 6.08 Å². The Bertz CT molecular complexity index is 279. The Morgan fingerprint density at radius 1 is 1.17 bits per heavy atom. The summed E-state index contributed by atoms with van der Waals surface area (Å²) in [6, 6.07) is 0. The monoisotopic (exact) mass is 264 g/mol. The molecule has 0 aromatic rings. The van der Waals surface area contributed by atoms with E-state index in [9.17, 15) is 15.3 Å². The fraction of sp³-hybridized carbons (Fsp3) is 0.818. The van der Waals surface area contributed by atoms with Crippen molar-refractivity contribution in [1.82, 2.24) is 0 Å². The third-order valence-corrected chi connectivity index (χ3v) is 2.76. The third kappa shape index (κ3) is 3.72. The summed E-state index contributed by atoms with van der Waals surface area (Å²) in [7, 11) is 0. The molecule has 0 spiro atoms. The zero-order valence-electron chi connectivity index (χ0n) is 10.1. The first-order valence-corrected chi connectivity index (χ1v) is 5.69.